The molecule has 65 heavy (non-hydrogen) atoms. The third-order valence-electron chi connectivity index (χ3n) is 13.5. The fourth-order valence-corrected chi connectivity index (χ4v) is 11.2. The summed E-state index contributed by atoms with van der Waals surface area (Å²) in [5.41, 5.74) is 16.8. The molecule has 0 radical (unpaired) electrons. The minimum atomic E-state index is -0.0623. The van der Waals surface area contributed by atoms with Gasteiger partial charge in [-0.05, 0) is 54.4 Å². The zero-order valence-electron chi connectivity index (χ0n) is 37.8. The molecule has 0 amide bonds. The minimum Gasteiger partial charge on any atom is -0.0558 e. The van der Waals surface area contributed by atoms with E-state index in [1.165, 1.54) is 73.6 Å². The van der Waals surface area contributed by atoms with Crippen molar-refractivity contribution in [3.05, 3.63) is 196 Å². The van der Waals surface area contributed by atoms with Crippen molar-refractivity contribution in [2.24, 2.45) is 0 Å². The van der Waals surface area contributed by atoms with E-state index in [9.17, 15) is 0 Å². The van der Waals surface area contributed by atoms with Crippen LogP contribution in [0.15, 0.2) is 170 Å². The molecule has 0 saturated carbocycles. The molecule has 3 aromatic heterocycles. The summed E-state index contributed by atoms with van der Waals surface area (Å²) in [6.45, 7) is 13.8. The second kappa shape index (κ2) is 15.9. The predicted octanol–water partition coefficient (Wildman–Crippen LogP) is 15.3. The first kappa shape index (κ1) is 41.2. The van der Waals surface area contributed by atoms with E-state index in [1.807, 2.05) is 6.20 Å². The van der Waals surface area contributed by atoms with Crippen molar-refractivity contribution in [3.8, 4) is 50.9 Å². The summed E-state index contributed by atoms with van der Waals surface area (Å²) in [4.78, 5) is 4.92. The van der Waals surface area contributed by atoms with Gasteiger partial charge in [-0.2, -0.15) is 0 Å². The zero-order valence-corrected chi connectivity index (χ0v) is 40.1. The van der Waals surface area contributed by atoms with Gasteiger partial charge in [-0.1, -0.05) is 13.8 Å². The summed E-state index contributed by atoms with van der Waals surface area (Å²) in [5.74, 6) is 2.46. The Balaban J connectivity index is 1.07. The number of aromatic nitrogens is 4. The summed E-state index contributed by atoms with van der Waals surface area (Å²) in [5, 5.41) is 2.46. The van der Waals surface area contributed by atoms with Gasteiger partial charge in [0.1, 0.15) is 0 Å². The molecule has 6 heteroatoms. The van der Waals surface area contributed by atoms with Crippen molar-refractivity contribution in [3.63, 3.8) is 0 Å². The molecule has 0 fully saturated rings. The Morgan fingerprint density at radius 3 is 1.92 bits per heavy atom. The molecule has 11 rings (SSSR count). The van der Waals surface area contributed by atoms with Crippen LogP contribution < -0.4 is 4.74 Å². The van der Waals surface area contributed by atoms with Gasteiger partial charge in [0.15, 0.2) is 0 Å². The van der Waals surface area contributed by atoms with Gasteiger partial charge >= 0.3 is 320 Å². The molecule has 10 aromatic rings. The number of fused-ring (bicyclic) bond motifs is 5. The number of hydrogen-bond acceptors (Lipinski definition) is 2. The molecule has 0 N–H and O–H groups in total. The van der Waals surface area contributed by atoms with E-state index in [-0.39, 0.29) is 10.8 Å². The average Bonchev–Trinajstić information content (AvgIpc) is 3.78. The van der Waals surface area contributed by atoms with E-state index in [0.29, 0.717) is 0 Å². The maximum atomic E-state index is 6.88. The number of pyridine rings is 1. The molecule has 5 nitrogen and oxygen atoms in total. The summed E-state index contributed by atoms with van der Waals surface area (Å²) in [7, 11) is 0. The van der Waals surface area contributed by atoms with Gasteiger partial charge in [0, 0.05) is 6.20 Å². The Labute approximate surface area is 392 Å². The molecule has 324 valence electrons. The number of hydrogen-bond donors (Lipinski definition) is 0. The molecular weight excluding hydrogens is 976 g/mol. The van der Waals surface area contributed by atoms with Crippen LogP contribution in [-0.4, -0.2) is 18.7 Å². The number of benzene rings is 7. The van der Waals surface area contributed by atoms with Crippen LogP contribution in [0, 0.1) is 10.7 Å². The van der Waals surface area contributed by atoms with Crippen LogP contribution in [0.1, 0.15) is 69.7 Å². The first-order chi connectivity index (χ1) is 31.4. The van der Waals surface area contributed by atoms with Crippen LogP contribution in [-0.2, 0) is 36.6 Å². The van der Waals surface area contributed by atoms with Crippen LogP contribution in [0.3, 0.4) is 0 Å². The molecule has 7 aromatic carbocycles. The Morgan fingerprint density at radius 1 is 0.600 bits per heavy atom. The van der Waals surface area contributed by atoms with Crippen molar-refractivity contribution in [2.75, 3.05) is 0 Å². The number of nitrogens with zero attached hydrogens (tertiary/aromatic N) is 4. The van der Waals surface area contributed by atoms with E-state index in [0.717, 1.165) is 55.5 Å². The van der Waals surface area contributed by atoms with Crippen molar-refractivity contribution in [1.82, 2.24) is 18.7 Å². The SMILES string of the molecule is Cc1ccnc(-n2c3cc(Oc4cccc(-n5[c](=[Pt])n(-c6c(-c7ccccc7)cc(C(C)(C)C)cc6-c6ccccc6)c6ccccc65)c4)ccc3c3cc4c(cc32)C(C)(C)CCC4)c1. The van der Waals surface area contributed by atoms with E-state index >= 15 is 0 Å². The normalized spacial score (nSPS) is 13.7. The Kier molecular flexibility index (Phi) is 10.0. The molecular formula is C59H52N4OPt. The monoisotopic (exact) mass is 1030 g/mol. The summed E-state index contributed by atoms with van der Waals surface area (Å²) < 4.78 is 15.1. The number of imidazole rings is 1. The molecule has 1 aliphatic rings. The molecule has 0 bridgehead atoms. The summed E-state index contributed by atoms with van der Waals surface area (Å²) >= 11 is 2.53. The fourth-order valence-electron chi connectivity index (χ4n) is 10.1. The molecule has 0 unspecified atom stereocenters. The second-order valence-corrected chi connectivity index (χ2v) is 20.4. The van der Waals surface area contributed by atoms with E-state index in [1.54, 1.807) is 0 Å². The van der Waals surface area contributed by atoms with Crippen molar-refractivity contribution >= 4 is 32.8 Å². The first-order valence-corrected chi connectivity index (χ1v) is 23.9. The molecule has 0 aliphatic heterocycles. The van der Waals surface area contributed by atoms with Crippen molar-refractivity contribution in [2.45, 2.75) is 71.6 Å². The van der Waals surface area contributed by atoms with E-state index in [2.05, 4.69) is 238 Å². The molecule has 1 aliphatic carbocycles. The smallest absolute Gasteiger partial charge is 0.0558 e. The number of para-hydroxylation sites is 2. The van der Waals surface area contributed by atoms with Crippen LogP contribution in [0.5, 0.6) is 11.5 Å². The Hall–Kier alpha value is -6.55. The van der Waals surface area contributed by atoms with Gasteiger partial charge < -0.3 is 0 Å². The minimum absolute atomic E-state index is 0.0623. The molecule has 0 atom stereocenters. The number of ether oxygens (including phenoxy) is 1. The second-order valence-electron chi connectivity index (χ2n) is 19.4. The van der Waals surface area contributed by atoms with Crippen LogP contribution in [0.4, 0.5) is 0 Å². The predicted molar refractivity (Wildman–Crippen MR) is 265 cm³/mol. The molecule has 0 spiro atoms. The summed E-state index contributed by atoms with van der Waals surface area (Å²) in [6.07, 6.45) is 5.44. The van der Waals surface area contributed by atoms with Gasteiger partial charge in [-0.15, -0.1) is 0 Å². The number of rotatable bonds is 7. The van der Waals surface area contributed by atoms with Crippen LogP contribution in [0.25, 0.3) is 72.3 Å². The number of aryl methyl sites for hydroxylation is 2. The zero-order chi connectivity index (χ0) is 44.6. The van der Waals surface area contributed by atoms with Crippen LogP contribution >= 0.6 is 0 Å². The fraction of sp³-hybridized carbons (Fsp3) is 0.186. The van der Waals surface area contributed by atoms with Crippen molar-refractivity contribution in [1.29, 1.82) is 0 Å². The topological polar surface area (TPSA) is 36.9 Å². The average molecular weight is 1030 g/mol. The standard InChI is InChI=1S/C59H52N4O.Pt/c1-39-28-30-60-56(31-39)63-54-36-46(26-27-47(54)50-32-42-21-16-29-59(5,6)51(42)37-55(50)63)64-45-23-15-22-44(35-45)61-38-62(53-25-14-13-24-52(53)61)57-48(40-17-9-7-10-18-40)33-43(58(2,3)4)34-49(57)41-19-11-8-12-20-41;/h7-15,17-20,22-28,30-37H,16,21,29H2,1-6H3;. The Morgan fingerprint density at radius 2 is 1.25 bits per heavy atom. The Bertz CT molecular complexity index is 3470. The van der Waals surface area contributed by atoms with Gasteiger partial charge in [0.05, 0.1) is 0 Å². The van der Waals surface area contributed by atoms with Gasteiger partial charge in [-0.25, -0.2) is 0 Å². The quantitative estimate of drug-likeness (QED) is 0.160. The van der Waals surface area contributed by atoms with E-state index in [4.69, 9.17) is 9.72 Å². The van der Waals surface area contributed by atoms with Crippen molar-refractivity contribution < 1.29 is 24.1 Å². The van der Waals surface area contributed by atoms with E-state index < -0.39 is 0 Å². The first-order valence-electron chi connectivity index (χ1n) is 22.7. The third kappa shape index (κ3) is 7.22. The van der Waals surface area contributed by atoms with Gasteiger partial charge in [0.2, 0.25) is 0 Å². The molecule has 0 saturated heterocycles. The van der Waals surface area contributed by atoms with Gasteiger partial charge in [-0.3, -0.25) is 0 Å². The van der Waals surface area contributed by atoms with Crippen LogP contribution in [0.2, 0.25) is 0 Å². The summed E-state index contributed by atoms with van der Waals surface area (Å²) in [6, 6.07) is 59.4. The van der Waals surface area contributed by atoms with Gasteiger partial charge in [0.25, 0.3) is 0 Å². The third-order valence-corrected chi connectivity index (χ3v) is 14.5. The molecule has 3 heterocycles. The maximum absolute atomic E-state index is 6.88.